The summed E-state index contributed by atoms with van der Waals surface area (Å²) in [5.41, 5.74) is 4.70. The second-order valence-electron chi connectivity index (χ2n) is 7.11. The van der Waals surface area contributed by atoms with Gasteiger partial charge in [-0.2, -0.15) is 5.10 Å². The van der Waals surface area contributed by atoms with E-state index in [9.17, 15) is 9.90 Å². The number of carbonyl (C=O) groups is 1. The van der Waals surface area contributed by atoms with E-state index in [2.05, 4.69) is 20.7 Å². The number of anilines is 3. The molecule has 2 heterocycles. The Morgan fingerprint density at radius 2 is 2.04 bits per heavy atom. The Morgan fingerprint density at radius 1 is 1.25 bits per heavy atom. The molecular formula is C20H23N5O2S. The van der Waals surface area contributed by atoms with Crippen LogP contribution in [0.25, 0.3) is 0 Å². The lowest BCUT2D eigenvalue weighted by molar-refractivity contribution is 0.103. The molecule has 4 rings (SSSR count). The number of phenolic OH excluding ortho intramolecular Hbond substituents is 1. The van der Waals surface area contributed by atoms with E-state index >= 15 is 0 Å². The number of aryl methyl sites for hydroxylation is 2. The van der Waals surface area contributed by atoms with Crippen molar-refractivity contribution >= 4 is 33.9 Å². The smallest absolute Gasteiger partial charge is 0.267 e. The van der Waals surface area contributed by atoms with Gasteiger partial charge in [0.2, 0.25) is 0 Å². The summed E-state index contributed by atoms with van der Waals surface area (Å²) in [4.78, 5) is 17.5. The maximum atomic E-state index is 12.7. The normalized spacial score (nSPS) is 13.2. The van der Waals surface area contributed by atoms with Gasteiger partial charge in [0, 0.05) is 23.9 Å². The molecule has 0 saturated carbocycles. The molecule has 7 nitrogen and oxygen atoms in total. The minimum absolute atomic E-state index is 0.160. The summed E-state index contributed by atoms with van der Waals surface area (Å²) in [6.07, 6.45) is 5.99. The number of benzene rings is 1. The molecule has 3 N–H and O–H groups in total. The molecule has 0 bridgehead atoms. The van der Waals surface area contributed by atoms with Gasteiger partial charge in [-0.1, -0.05) is 17.4 Å². The standard InChI is InChI=1S/C20H23N5O2S/c1-11-8-9-15(26)12(2)17(11)22-19(27)16-10-21-20(28-16)23-18-13-6-4-5-7-14(13)25(3)24-18/h8-10,26H,4-7H2,1-3H3,(H,22,27)(H,21,23,24). The van der Waals surface area contributed by atoms with E-state index in [0.29, 0.717) is 21.3 Å². The van der Waals surface area contributed by atoms with Crippen LogP contribution in [-0.4, -0.2) is 25.8 Å². The van der Waals surface area contributed by atoms with Crippen LogP contribution in [0.4, 0.5) is 16.6 Å². The van der Waals surface area contributed by atoms with Crippen molar-refractivity contribution in [3.8, 4) is 5.75 Å². The quantitative estimate of drug-likeness (QED) is 0.617. The molecule has 0 saturated heterocycles. The summed E-state index contributed by atoms with van der Waals surface area (Å²) >= 11 is 1.28. The summed E-state index contributed by atoms with van der Waals surface area (Å²) in [6, 6.07) is 3.41. The number of phenols is 1. The zero-order valence-electron chi connectivity index (χ0n) is 16.2. The van der Waals surface area contributed by atoms with Crippen LogP contribution in [0.15, 0.2) is 18.3 Å². The van der Waals surface area contributed by atoms with Gasteiger partial charge in [0.05, 0.1) is 11.9 Å². The van der Waals surface area contributed by atoms with Gasteiger partial charge in [-0.15, -0.1) is 0 Å². The van der Waals surface area contributed by atoms with E-state index in [-0.39, 0.29) is 11.7 Å². The number of thiazole rings is 1. The zero-order chi connectivity index (χ0) is 19.8. The third-order valence-corrected chi connectivity index (χ3v) is 6.11. The van der Waals surface area contributed by atoms with Crippen LogP contribution < -0.4 is 10.6 Å². The van der Waals surface area contributed by atoms with Crippen molar-refractivity contribution in [2.45, 2.75) is 39.5 Å². The average Bonchev–Trinajstić information content (AvgIpc) is 3.28. The lowest BCUT2D eigenvalue weighted by Crippen LogP contribution is -2.12. The Kier molecular flexibility index (Phi) is 4.80. The van der Waals surface area contributed by atoms with E-state index in [1.807, 2.05) is 18.7 Å². The first-order chi connectivity index (χ1) is 13.4. The zero-order valence-corrected chi connectivity index (χ0v) is 17.0. The third-order valence-electron chi connectivity index (χ3n) is 5.20. The molecule has 1 aliphatic rings. The number of amides is 1. The predicted octanol–water partition coefficient (Wildman–Crippen LogP) is 4.07. The second-order valence-corrected chi connectivity index (χ2v) is 8.15. The molecule has 0 spiro atoms. The van der Waals surface area contributed by atoms with Crippen LogP contribution >= 0.6 is 11.3 Å². The highest BCUT2D eigenvalue weighted by Gasteiger charge is 2.21. The van der Waals surface area contributed by atoms with E-state index in [4.69, 9.17) is 0 Å². The Morgan fingerprint density at radius 3 is 2.86 bits per heavy atom. The fourth-order valence-corrected chi connectivity index (χ4v) is 4.33. The number of aromatic hydroxyl groups is 1. The lowest BCUT2D eigenvalue weighted by Gasteiger charge is -2.12. The van der Waals surface area contributed by atoms with Gasteiger partial charge in [-0.25, -0.2) is 4.98 Å². The van der Waals surface area contributed by atoms with E-state index in [0.717, 1.165) is 24.2 Å². The summed E-state index contributed by atoms with van der Waals surface area (Å²) in [7, 11) is 1.97. The first kappa shape index (κ1) is 18.5. The Bertz CT molecular complexity index is 1050. The number of nitrogens with one attached hydrogen (secondary N) is 2. The van der Waals surface area contributed by atoms with E-state index in [1.165, 1.54) is 35.4 Å². The molecule has 28 heavy (non-hydrogen) atoms. The molecule has 0 unspecified atom stereocenters. The van der Waals surface area contributed by atoms with Crippen LogP contribution in [0.2, 0.25) is 0 Å². The van der Waals surface area contributed by atoms with Crippen LogP contribution in [0.1, 0.15) is 44.9 Å². The first-order valence-corrected chi connectivity index (χ1v) is 10.1. The maximum absolute atomic E-state index is 12.7. The highest BCUT2D eigenvalue weighted by atomic mass is 32.1. The largest absolute Gasteiger partial charge is 0.508 e. The molecule has 0 radical (unpaired) electrons. The fraction of sp³-hybridized carbons (Fsp3) is 0.350. The molecule has 0 atom stereocenters. The number of aromatic nitrogens is 3. The van der Waals surface area contributed by atoms with Crippen molar-refractivity contribution in [2.24, 2.45) is 7.05 Å². The Balaban J connectivity index is 1.52. The highest BCUT2D eigenvalue weighted by Crippen LogP contribution is 2.32. The maximum Gasteiger partial charge on any atom is 0.267 e. The molecule has 1 aromatic carbocycles. The monoisotopic (exact) mass is 397 g/mol. The van der Waals surface area contributed by atoms with Gasteiger partial charge in [-0.3, -0.25) is 9.48 Å². The highest BCUT2D eigenvalue weighted by molar-refractivity contribution is 7.17. The number of carbonyl (C=O) groups excluding carboxylic acids is 1. The molecule has 1 amide bonds. The number of nitrogens with zero attached hydrogens (tertiary/aromatic N) is 3. The van der Waals surface area contributed by atoms with Crippen LogP contribution in [-0.2, 0) is 19.9 Å². The van der Waals surface area contributed by atoms with Gasteiger partial charge < -0.3 is 15.7 Å². The van der Waals surface area contributed by atoms with E-state index in [1.54, 1.807) is 25.3 Å². The minimum Gasteiger partial charge on any atom is -0.508 e. The SMILES string of the molecule is Cc1ccc(O)c(C)c1NC(=O)c1cnc(Nc2nn(C)c3c2CCCC3)s1. The Hall–Kier alpha value is -2.87. The van der Waals surface area contributed by atoms with Gasteiger partial charge in [-0.05, 0) is 51.2 Å². The fourth-order valence-electron chi connectivity index (χ4n) is 3.61. The molecule has 0 fully saturated rings. The average molecular weight is 398 g/mol. The van der Waals surface area contributed by atoms with Crippen LogP contribution in [0.5, 0.6) is 5.75 Å². The van der Waals surface area contributed by atoms with Crippen molar-refractivity contribution < 1.29 is 9.90 Å². The van der Waals surface area contributed by atoms with Gasteiger partial charge in [0.25, 0.3) is 5.91 Å². The predicted molar refractivity (Wildman–Crippen MR) is 111 cm³/mol. The van der Waals surface area contributed by atoms with Gasteiger partial charge >= 0.3 is 0 Å². The number of hydrogen-bond donors (Lipinski definition) is 3. The van der Waals surface area contributed by atoms with Crippen molar-refractivity contribution in [1.29, 1.82) is 0 Å². The van der Waals surface area contributed by atoms with Crippen molar-refractivity contribution in [3.63, 3.8) is 0 Å². The topological polar surface area (TPSA) is 92.1 Å². The molecule has 1 aliphatic carbocycles. The van der Waals surface area contributed by atoms with Crippen LogP contribution in [0.3, 0.4) is 0 Å². The van der Waals surface area contributed by atoms with Crippen molar-refractivity contribution in [2.75, 3.05) is 10.6 Å². The van der Waals surface area contributed by atoms with Crippen molar-refractivity contribution in [3.05, 3.63) is 45.6 Å². The van der Waals surface area contributed by atoms with Crippen molar-refractivity contribution in [1.82, 2.24) is 14.8 Å². The number of hydrogen-bond acceptors (Lipinski definition) is 6. The molecule has 8 heteroatoms. The van der Waals surface area contributed by atoms with Gasteiger partial charge in [0.15, 0.2) is 10.9 Å². The molecule has 146 valence electrons. The summed E-state index contributed by atoms with van der Waals surface area (Å²) in [6.45, 7) is 3.67. The summed E-state index contributed by atoms with van der Waals surface area (Å²) < 4.78 is 1.94. The second kappa shape index (κ2) is 7.27. The minimum atomic E-state index is -0.245. The van der Waals surface area contributed by atoms with Crippen LogP contribution in [0, 0.1) is 13.8 Å². The number of fused-ring (bicyclic) bond motifs is 1. The molecule has 2 aromatic heterocycles. The lowest BCUT2D eigenvalue weighted by atomic mass is 9.97. The van der Waals surface area contributed by atoms with E-state index < -0.39 is 0 Å². The summed E-state index contributed by atoms with van der Waals surface area (Å²) in [5.74, 6) is 0.746. The molecular weight excluding hydrogens is 374 g/mol. The summed E-state index contributed by atoms with van der Waals surface area (Å²) in [5, 5.41) is 21.3. The molecule has 0 aliphatic heterocycles. The third kappa shape index (κ3) is 3.35. The first-order valence-electron chi connectivity index (χ1n) is 9.32. The van der Waals surface area contributed by atoms with Gasteiger partial charge in [0.1, 0.15) is 10.6 Å². The number of rotatable bonds is 4. The Labute approximate surface area is 167 Å². The molecule has 3 aromatic rings.